The van der Waals surface area contributed by atoms with Crippen molar-refractivity contribution in [1.82, 2.24) is 0 Å². The molecule has 0 bridgehead atoms. The van der Waals surface area contributed by atoms with Gasteiger partial charge in [0, 0.05) is 28.2 Å². The van der Waals surface area contributed by atoms with Gasteiger partial charge in [0.2, 0.25) is 0 Å². The van der Waals surface area contributed by atoms with Crippen molar-refractivity contribution >= 4 is 40.4 Å². The molecular weight excluding hydrogens is 526 g/mol. The zero-order valence-electron chi connectivity index (χ0n) is 23.9. The van der Waals surface area contributed by atoms with Crippen LogP contribution in [0.2, 0.25) is 0 Å². The molecule has 0 unspecified atom stereocenters. The summed E-state index contributed by atoms with van der Waals surface area (Å²) in [6.07, 6.45) is 8.07. The van der Waals surface area contributed by atoms with Crippen LogP contribution in [0.5, 0.6) is 0 Å². The molecule has 0 aliphatic heterocycles. The second-order valence-corrected chi connectivity index (χ2v) is 9.38. The highest BCUT2D eigenvalue weighted by molar-refractivity contribution is 6.11. The van der Waals surface area contributed by atoms with Crippen LogP contribution in [0.4, 0.5) is 17.1 Å². The summed E-state index contributed by atoms with van der Waals surface area (Å²) >= 11 is 0. The van der Waals surface area contributed by atoms with Crippen molar-refractivity contribution in [2.45, 2.75) is 13.8 Å². The number of rotatable bonds is 8. The molecular formula is C38H27N5. The third-order valence-electron chi connectivity index (χ3n) is 6.69. The van der Waals surface area contributed by atoms with Gasteiger partial charge in [0.05, 0.1) is 0 Å². The largest absolute Gasteiger partial charge is 0.311 e. The van der Waals surface area contributed by atoms with Gasteiger partial charge in [0.15, 0.2) is 0 Å². The third-order valence-corrected chi connectivity index (χ3v) is 6.69. The fraction of sp³-hybridized carbons (Fsp3) is 0.0526. The number of hydrogen-bond acceptors (Lipinski definition) is 5. The highest BCUT2D eigenvalue weighted by Gasteiger charge is 2.21. The van der Waals surface area contributed by atoms with Crippen molar-refractivity contribution in [1.29, 1.82) is 21.0 Å². The van der Waals surface area contributed by atoms with E-state index >= 15 is 0 Å². The van der Waals surface area contributed by atoms with E-state index in [1.807, 2.05) is 92.8 Å². The molecule has 0 aliphatic carbocycles. The average Bonchev–Trinajstić information content (AvgIpc) is 3.05. The monoisotopic (exact) mass is 553 g/mol. The maximum Gasteiger partial charge on any atom is 0.138 e. The van der Waals surface area contributed by atoms with E-state index < -0.39 is 0 Å². The minimum atomic E-state index is -0.189. The zero-order chi connectivity index (χ0) is 30.6. The van der Waals surface area contributed by atoms with Crippen LogP contribution in [-0.2, 0) is 0 Å². The van der Waals surface area contributed by atoms with E-state index in [2.05, 4.69) is 53.4 Å². The number of nitrogens with zero attached hydrogens (tertiary/aromatic N) is 5. The first-order chi connectivity index (χ1) is 21.1. The van der Waals surface area contributed by atoms with Gasteiger partial charge in [-0.15, -0.1) is 0 Å². The predicted molar refractivity (Wildman–Crippen MR) is 173 cm³/mol. The number of nitriles is 4. The quantitative estimate of drug-likeness (QED) is 0.160. The molecule has 5 nitrogen and oxygen atoms in total. The molecule has 4 aromatic carbocycles. The Balaban J connectivity index is 1.90. The molecule has 0 N–H and O–H groups in total. The summed E-state index contributed by atoms with van der Waals surface area (Å²) in [5.74, 6) is 0. The molecule has 4 rings (SSSR count). The van der Waals surface area contributed by atoms with Crippen LogP contribution in [0.15, 0.2) is 126 Å². The lowest BCUT2D eigenvalue weighted by molar-refractivity contribution is 1.28. The van der Waals surface area contributed by atoms with Crippen molar-refractivity contribution in [2.75, 3.05) is 4.90 Å². The van der Waals surface area contributed by atoms with Gasteiger partial charge in [-0.25, -0.2) is 0 Å². The Bertz CT molecular complexity index is 1790. The van der Waals surface area contributed by atoms with Crippen LogP contribution in [-0.4, -0.2) is 0 Å². The van der Waals surface area contributed by atoms with Gasteiger partial charge >= 0.3 is 0 Å². The van der Waals surface area contributed by atoms with Gasteiger partial charge in [-0.1, -0.05) is 91.0 Å². The molecule has 0 saturated carbocycles. The van der Waals surface area contributed by atoms with Crippen molar-refractivity contribution in [3.05, 3.63) is 149 Å². The second kappa shape index (κ2) is 14.3. The SMILES string of the molecule is C/C=C/c1ccc(N(c2ccc(/C=C/C)cc2)c2ccc(C(=C(C#N)C#N)C(=C(C#N)C#N)c3ccccc3)cc2)cc1. The van der Waals surface area contributed by atoms with Crippen molar-refractivity contribution in [3.63, 3.8) is 0 Å². The van der Waals surface area contributed by atoms with E-state index in [0.29, 0.717) is 11.1 Å². The van der Waals surface area contributed by atoms with Crippen LogP contribution < -0.4 is 4.90 Å². The standard InChI is InChI=1S/C38H27N5/c1-3-8-28-12-18-34(19-13-28)43(35-20-14-29(9-4-2)15-21-35)36-22-16-31(17-23-36)38(33(26-41)27-42)37(32(24-39)25-40)30-10-6-5-7-11-30/h3-23H,1-2H3/b8-3+,9-4+. The lowest BCUT2D eigenvalue weighted by Crippen LogP contribution is -2.10. The molecule has 0 fully saturated rings. The maximum absolute atomic E-state index is 9.91. The average molecular weight is 554 g/mol. The first-order valence-corrected chi connectivity index (χ1v) is 13.6. The normalized spacial score (nSPS) is 10.3. The molecule has 0 aliphatic rings. The summed E-state index contributed by atoms with van der Waals surface area (Å²) in [5.41, 5.74) is 6.13. The Morgan fingerprint density at radius 1 is 0.488 bits per heavy atom. The highest BCUT2D eigenvalue weighted by Crippen LogP contribution is 2.39. The van der Waals surface area contributed by atoms with Crippen LogP contribution in [0.1, 0.15) is 36.1 Å². The fourth-order valence-electron chi connectivity index (χ4n) is 4.78. The van der Waals surface area contributed by atoms with E-state index in [0.717, 1.165) is 28.2 Å². The second-order valence-electron chi connectivity index (χ2n) is 9.38. The predicted octanol–water partition coefficient (Wildman–Crippen LogP) is 9.52. The van der Waals surface area contributed by atoms with E-state index in [1.165, 1.54) is 0 Å². The van der Waals surface area contributed by atoms with Gasteiger partial charge < -0.3 is 4.90 Å². The molecule has 0 atom stereocenters. The molecule has 5 heteroatoms. The van der Waals surface area contributed by atoms with E-state index in [4.69, 9.17) is 0 Å². The van der Waals surface area contributed by atoms with Crippen molar-refractivity contribution in [2.24, 2.45) is 0 Å². The third kappa shape index (κ3) is 6.67. The summed E-state index contributed by atoms with van der Waals surface area (Å²) in [5, 5.41) is 39.5. The Morgan fingerprint density at radius 2 is 0.837 bits per heavy atom. The Labute approximate surface area is 252 Å². The summed E-state index contributed by atoms with van der Waals surface area (Å²) in [6, 6.07) is 40.6. The molecule has 0 spiro atoms. The summed E-state index contributed by atoms with van der Waals surface area (Å²) in [6.45, 7) is 3.96. The number of allylic oxidation sites excluding steroid dienone is 6. The van der Waals surface area contributed by atoms with E-state index in [1.54, 1.807) is 24.3 Å². The molecule has 0 amide bonds. The first kappa shape index (κ1) is 29.6. The highest BCUT2D eigenvalue weighted by atomic mass is 15.1. The summed E-state index contributed by atoms with van der Waals surface area (Å²) in [7, 11) is 0. The minimum Gasteiger partial charge on any atom is -0.311 e. The van der Waals surface area contributed by atoms with Crippen LogP contribution >= 0.6 is 0 Å². The van der Waals surface area contributed by atoms with Crippen molar-refractivity contribution in [3.8, 4) is 24.3 Å². The molecule has 4 aromatic rings. The van der Waals surface area contributed by atoms with Gasteiger partial charge in [-0.2, -0.15) is 21.0 Å². The van der Waals surface area contributed by atoms with E-state index in [9.17, 15) is 21.0 Å². The van der Waals surface area contributed by atoms with Crippen LogP contribution in [0.25, 0.3) is 23.3 Å². The van der Waals surface area contributed by atoms with Crippen molar-refractivity contribution < 1.29 is 0 Å². The zero-order valence-corrected chi connectivity index (χ0v) is 23.9. The smallest absolute Gasteiger partial charge is 0.138 e. The Hall–Kier alpha value is -6.40. The minimum absolute atomic E-state index is 0.183. The van der Waals surface area contributed by atoms with Gasteiger partial charge in [-0.05, 0) is 72.5 Å². The maximum atomic E-state index is 9.91. The molecule has 0 aromatic heterocycles. The summed E-state index contributed by atoms with van der Waals surface area (Å²) < 4.78 is 0. The molecule has 204 valence electrons. The Kier molecular flexibility index (Phi) is 9.83. The lowest BCUT2D eigenvalue weighted by Gasteiger charge is -2.26. The number of hydrogen-bond donors (Lipinski definition) is 0. The summed E-state index contributed by atoms with van der Waals surface area (Å²) in [4.78, 5) is 2.12. The van der Waals surface area contributed by atoms with Gasteiger partial charge in [-0.3, -0.25) is 0 Å². The molecule has 0 heterocycles. The molecule has 43 heavy (non-hydrogen) atoms. The topological polar surface area (TPSA) is 98.4 Å². The van der Waals surface area contributed by atoms with Gasteiger partial charge in [0.1, 0.15) is 35.4 Å². The first-order valence-electron chi connectivity index (χ1n) is 13.6. The fourth-order valence-corrected chi connectivity index (χ4v) is 4.78. The number of anilines is 3. The van der Waals surface area contributed by atoms with Gasteiger partial charge in [0.25, 0.3) is 0 Å². The number of benzene rings is 4. The molecule has 0 saturated heterocycles. The Morgan fingerprint density at radius 3 is 1.19 bits per heavy atom. The van der Waals surface area contributed by atoms with Crippen LogP contribution in [0, 0.1) is 45.3 Å². The lowest BCUT2D eigenvalue weighted by atomic mass is 9.86. The van der Waals surface area contributed by atoms with E-state index in [-0.39, 0.29) is 22.3 Å². The molecule has 0 radical (unpaired) electrons. The van der Waals surface area contributed by atoms with Crippen LogP contribution in [0.3, 0.4) is 0 Å².